The molecule has 1 aliphatic heterocycles. The van der Waals surface area contributed by atoms with Crippen molar-refractivity contribution in [2.24, 2.45) is 0 Å². The Bertz CT molecular complexity index is 1360. The van der Waals surface area contributed by atoms with E-state index in [1.807, 2.05) is 0 Å². The number of alkyl halides is 3. The van der Waals surface area contributed by atoms with Crippen LogP contribution >= 0.6 is 0 Å². The minimum Gasteiger partial charge on any atom is -0.507 e. The maximum atomic E-state index is 13.2. The average molecular weight is 501 g/mol. The van der Waals surface area contributed by atoms with Gasteiger partial charge in [0.15, 0.2) is 0 Å². The number of carbonyl (C=O) groups excluding carboxylic acids is 2. The van der Waals surface area contributed by atoms with Gasteiger partial charge in [0, 0.05) is 12.6 Å². The maximum Gasteiger partial charge on any atom is 0.416 e. The number of carbonyl (C=O) groups is 2. The highest BCUT2D eigenvalue weighted by Crippen LogP contribution is 2.43. The number of halogens is 3. The summed E-state index contributed by atoms with van der Waals surface area (Å²) in [5.74, 6) is -1.23. The molecule has 1 amide bonds. The monoisotopic (exact) mass is 501 g/mol. The number of ketones is 1. The molecule has 2 heterocycles. The van der Waals surface area contributed by atoms with Crippen molar-refractivity contribution in [1.82, 2.24) is 4.90 Å². The van der Waals surface area contributed by atoms with Crippen molar-refractivity contribution in [2.75, 3.05) is 14.2 Å². The zero-order valence-electron chi connectivity index (χ0n) is 19.6. The van der Waals surface area contributed by atoms with Crippen molar-refractivity contribution in [3.05, 3.63) is 88.4 Å². The maximum absolute atomic E-state index is 13.2. The van der Waals surface area contributed by atoms with E-state index in [9.17, 15) is 27.9 Å². The number of methoxy groups -OCH3 is 2. The van der Waals surface area contributed by atoms with Crippen LogP contribution in [0.4, 0.5) is 13.2 Å². The van der Waals surface area contributed by atoms with Crippen LogP contribution in [0.25, 0.3) is 5.76 Å². The first-order chi connectivity index (χ1) is 17.0. The van der Waals surface area contributed by atoms with Gasteiger partial charge < -0.3 is 23.9 Å². The second kappa shape index (κ2) is 9.44. The van der Waals surface area contributed by atoms with Gasteiger partial charge in [-0.15, -0.1) is 0 Å². The molecule has 1 N–H and O–H groups in total. The highest BCUT2D eigenvalue weighted by Gasteiger charge is 2.48. The Morgan fingerprint density at radius 2 is 1.81 bits per heavy atom. The fourth-order valence-corrected chi connectivity index (χ4v) is 4.12. The van der Waals surface area contributed by atoms with Gasteiger partial charge in [-0.3, -0.25) is 9.59 Å². The van der Waals surface area contributed by atoms with Crippen molar-refractivity contribution in [3.8, 4) is 11.5 Å². The van der Waals surface area contributed by atoms with E-state index in [4.69, 9.17) is 13.9 Å². The molecule has 0 spiro atoms. The summed E-state index contributed by atoms with van der Waals surface area (Å²) in [5.41, 5.74) is -0.875. The molecule has 1 saturated heterocycles. The van der Waals surface area contributed by atoms with Crippen LogP contribution in [0.2, 0.25) is 0 Å². The molecule has 1 atom stereocenters. The summed E-state index contributed by atoms with van der Waals surface area (Å²) in [6.07, 6.45) is -4.58. The van der Waals surface area contributed by atoms with Crippen LogP contribution in [-0.4, -0.2) is 35.9 Å². The van der Waals surface area contributed by atoms with Crippen molar-refractivity contribution in [1.29, 1.82) is 0 Å². The average Bonchev–Trinajstić information content (AvgIpc) is 3.39. The molecule has 1 fully saturated rings. The summed E-state index contributed by atoms with van der Waals surface area (Å²) in [5, 5.41) is 11.2. The standard InChI is InChI=1S/C26H22F3NO6/c1-14-7-10-19(36-14)22-21(23(31)18-9-8-17(34-2)12-20(18)35-3)24(32)25(33)30(22)13-15-5-4-6-16(11-15)26(27,28)29/h4-12,22,31H,13H2,1-3H3/b23-21-. The number of Topliss-reactive ketones (excluding diaryl/α,β-unsaturated/α-hetero) is 1. The molecule has 0 aliphatic carbocycles. The fourth-order valence-electron chi connectivity index (χ4n) is 4.12. The van der Waals surface area contributed by atoms with Gasteiger partial charge in [0.1, 0.15) is 34.8 Å². The smallest absolute Gasteiger partial charge is 0.416 e. The fraction of sp³-hybridized carbons (Fsp3) is 0.231. The molecule has 2 aromatic carbocycles. The lowest BCUT2D eigenvalue weighted by atomic mass is 9.98. The highest BCUT2D eigenvalue weighted by atomic mass is 19.4. The summed E-state index contributed by atoms with van der Waals surface area (Å²) in [4.78, 5) is 27.3. The SMILES string of the molecule is COc1ccc(/C(O)=C2/C(=O)C(=O)N(Cc3cccc(C(F)(F)F)c3)C2c2ccc(C)o2)c(OC)c1. The van der Waals surface area contributed by atoms with Crippen LogP contribution in [-0.2, 0) is 22.3 Å². The summed E-state index contributed by atoms with van der Waals surface area (Å²) in [7, 11) is 2.82. The van der Waals surface area contributed by atoms with E-state index in [-0.39, 0.29) is 34.8 Å². The third kappa shape index (κ3) is 4.53. The van der Waals surface area contributed by atoms with Gasteiger partial charge in [0.05, 0.1) is 30.9 Å². The zero-order chi connectivity index (χ0) is 26.2. The van der Waals surface area contributed by atoms with E-state index in [1.54, 1.807) is 25.1 Å². The first-order valence-corrected chi connectivity index (χ1v) is 10.8. The number of nitrogens with zero attached hydrogens (tertiary/aromatic N) is 1. The second-order valence-corrected chi connectivity index (χ2v) is 8.14. The Morgan fingerprint density at radius 1 is 1.06 bits per heavy atom. The molecule has 0 radical (unpaired) electrons. The molecule has 4 rings (SSSR count). The predicted molar refractivity (Wildman–Crippen MR) is 122 cm³/mol. The Balaban J connectivity index is 1.85. The van der Waals surface area contributed by atoms with Crippen molar-refractivity contribution in [3.63, 3.8) is 0 Å². The van der Waals surface area contributed by atoms with E-state index in [2.05, 4.69) is 0 Å². The zero-order valence-corrected chi connectivity index (χ0v) is 19.6. The minimum atomic E-state index is -4.58. The third-order valence-electron chi connectivity index (χ3n) is 5.84. The number of hydrogen-bond donors (Lipinski definition) is 1. The molecule has 0 saturated carbocycles. The van der Waals surface area contributed by atoms with Crippen LogP contribution in [0, 0.1) is 6.92 Å². The molecule has 1 unspecified atom stereocenters. The number of aliphatic hydroxyl groups is 1. The Kier molecular flexibility index (Phi) is 6.53. The lowest BCUT2D eigenvalue weighted by Crippen LogP contribution is -2.29. The quantitative estimate of drug-likeness (QED) is 0.282. The molecule has 36 heavy (non-hydrogen) atoms. The molecule has 0 bridgehead atoms. The van der Waals surface area contributed by atoms with Gasteiger partial charge >= 0.3 is 6.18 Å². The number of rotatable bonds is 6. The predicted octanol–water partition coefficient (Wildman–Crippen LogP) is 5.25. The molecule has 188 valence electrons. The van der Waals surface area contributed by atoms with E-state index in [0.29, 0.717) is 11.5 Å². The first-order valence-electron chi connectivity index (χ1n) is 10.8. The number of likely N-dealkylation sites (tertiary alicyclic amines) is 1. The van der Waals surface area contributed by atoms with Gasteiger partial charge in [0.25, 0.3) is 11.7 Å². The van der Waals surface area contributed by atoms with E-state index < -0.39 is 35.2 Å². The Morgan fingerprint density at radius 3 is 2.42 bits per heavy atom. The number of ether oxygens (including phenoxy) is 2. The van der Waals surface area contributed by atoms with E-state index >= 15 is 0 Å². The summed E-state index contributed by atoms with van der Waals surface area (Å²) >= 11 is 0. The van der Waals surface area contributed by atoms with Crippen LogP contribution in [0.5, 0.6) is 11.5 Å². The summed E-state index contributed by atoms with van der Waals surface area (Å²) < 4.78 is 55.9. The molecular formula is C26H22F3NO6. The minimum absolute atomic E-state index is 0.128. The van der Waals surface area contributed by atoms with E-state index in [1.165, 1.54) is 38.5 Å². The number of aliphatic hydroxyl groups excluding tert-OH is 1. The van der Waals surface area contributed by atoms with Crippen LogP contribution < -0.4 is 9.47 Å². The van der Waals surface area contributed by atoms with Crippen molar-refractivity contribution in [2.45, 2.75) is 25.7 Å². The molecule has 1 aliphatic rings. The lowest BCUT2D eigenvalue weighted by molar-refractivity contribution is -0.140. The number of amides is 1. The third-order valence-corrected chi connectivity index (χ3v) is 5.84. The number of hydrogen-bond acceptors (Lipinski definition) is 6. The number of benzene rings is 2. The first kappa shape index (κ1) is 24.9. The molecule has 1 aromatic heterocycles. The summed E-state index contributed by atoms with van der Waals surface area (Å²) in [6.45, 7) is 1.34. The van der Waals surface area contributed by atoms with Gasteiger partial charge in [-0.1, -0.05) is 12.1 Å². The van der Waals surface area contributed by atoms with Crippen molar-refractivity contribution >= 4 is 17.4 Å². The van der Waals surface area contributed by atoms with Crippen LogP contribution in [0.15, 0.2) is 64.6 Å². The van der Waals surface area contributed by atoms with Gasteiger partial charge in [0.2, 0.25) is 0 Å². The molecular weight excluding hydrogens is 479 g/mol. The normalized spacial score (nSPS) is 17.5. The van der Waals surface area contributed by atoms with Crippen LogP contribution in [0.3, 0.4) is 0 Å². The molecule has 7 nitrogen and oxygen atoms in total. The van der Waals surface area contributed by atoms with Gasteiger partial charge in [-0.2, -0.15) is 13.2 Å². The van der Waals surface area contributed by atoms with Crippen molar-refractivity contribution < 1.29 is 41.8 Å². The molecule has 10 heteroatoms. The number of aryl methyl sites for hydroxylation is 1. The largest absolute Gasteiger partial charge is 0.507 e. The van der Waals surface area contributed by atoms with Crippen LogP contribution in [0.1, 0.15) is 34.3 Å². The second-order valence-electron chi connectivity index (χ2n) is 8.14. The Labute approximate surface area is 204 Å². The highest BCUT2D eigenvalue weighted by molar-refractivity contribution is 6.46. The topological polar surface area (TPSA) is 89.2 Å². The summed E-state index contributed by atoms with van der Waals surface area (Å²) in [6, 6.07) is 11.0. The van der Waals surface area contributed by atoms with Gasteiger partial charge in [-0.25, -0.2) is 0 Å². The number of furan rings is 1. The lowest BCUT2D eigenvalue weighted by Gasteiger charge is -2.24. The van der Waals surface area contributed by atoms with Gasteiger partial charge in [-0.05, 0) is 48.9 Å². The molecule has 3 aromatic rings. The van der Waals surface area contributed by atoms with E-state index in [0.717, 1.165) is 17.0 Å². The Hall–Kier alpha value is -4.21.